The van der Waals surface area contributed by atoms with E-state index in [1.807, 2.05) is 0 Å². The lowest BCUT2D eigenvalue weighted by Crippen LogP contribution is -2.31. The average Bonchev–Trinajstić information content (AvgIpc) is 3.79. The minimum Gasteiger partial charge on any atom is -0.394 e. The number of fused-ring (bicyclic) bond motifs is 2. The first-order valence-electron chi connectivity index (χ1n) is 15.0. The number of alkyl halides is 2. The van der Waals surface area contributed by atoms with Crippen molar-refractivity contribution in [3.8, 4) is 0 Å². The quantitative estimate of drug-likeness (QED) is 0.0796. The molecular formula is C23H32Cl6F2N10O13P4. The Morgan fingerprint density at radius 3 is 1.48 bits per heavy atom. The Morgan fingerprint density at radius 1 is 0.741 bits per heavy atom. The van der Waals surface area contributed by atoms with Gasteiger partial charge in [0.15, 0.2) is 53.6 Å². The highest BCUT2D eigenvalue weighted by molar-refractivity contribution is 8.21. The van der Waals surface area contributed by atoms with Crippen molar-refractivity contribution in [3.05, 3.63) is 23.2 Å². The molecule has 1 unspecified atom stereocenters. The van der Waals surface area contributed by atoms with Gasteiger partial charge in [-0.05, 0) is 68.2 Å². The van der Waals surface area contributed by atoms with Gasteiger partial charge in [0.2, 0.25) is 10.6 Å². The third kappa shape index (κ3) is 13.4. The van der Waals surface area contributed by atoms with E-state index in [9.17, 15) is 42.1 Å². The number of anilines is 2. The van der Waals surface area contributed by atoms with Gasteiger partial charge in [-0.15, -0.1) is 0 Å². The van der Waals surface area contributed by atoms with E-state index in [4.69, 9.17) is 104 Å². The molecule has 2 aliphatic heterocycles. The Hall–Kier alpha value is -1.14. The van der Waals surface area contributed by atoms with Gasteiger partial charge in [0.1, 0.15) is 41.4 Å². The van der Waals surface area contributed by atoms with E-state index in [-0.39, 0.29) is 52.0 Å². The van der Waals surface area contributed by atoms with Crippen molar-refractivity contribution >= 4 is 129 Å². The molecule has 2 aliphatic rings. The fourth-order valence-corrected chi connectivity index (χ4v) is 16.8. The van der Waals surface area contributed by atoms with Crippen molar-refractivity contribution in [1.29, 1.82) is 0 Å². The minimum absolute atomic E-state index is 0. The molecule has 2 saturated heterocycles. The molecule has 6 heterocycles. The zero-order valence-electron chi connectivity index (χ0n) is 27.7. The summed E-state index contributed by atoms with van der Waals surface area (Å²) < 4.78 is 89.6. The van der Waals surface area contributed by atoms with Gasteiger partial charge >= 0.3 is 15.2 Å². The van der Waals surface area contributed by atoms with Crippen LogP contribution >= 0.6 is 95.1 Å². The van der Waals surface area contributed by atoms with Crippen LogP contribution in [-0.4, -0.2) is 131 Å². The number of imidazole rings is 2. The molecule has 0 amide bonds. The summed E-state index contributed by atoms with van der Waals surface area (Å²) in [4.78, 5) is 50.2. The van der Waals surface area contributed by atoms with Crippen LogP contribution in [0.15, 0.2) is 12.7 Å². The lowest BCUT2D eigenvalue weighted by Gasteiger charge is -2.18. The number of hydrogen-bond donors (Lipinski definition) is 8. The predicted octanol–water partition coefficient (Wildman–Crippen LogP) is 4.57. The number of nitrogens with two attached hydrogens (primary N) is 2. The van der Waals surface area contributed by atoms with Crippen LogP contribution in [0.25, 0.3) is 22.3 Å². The van der Waals surface area contributed by atoms with E-state index in [0.29, 0.717) is 0 Å². The Morgan fingerprint density at radius 2 is 1.14 bits per heavy atom. The number of aliphatic hydroxyl groups is 3. The topological polar surface area (TPSA) is 357 Å². The molecular weight excluding hydrogens is 999 g/mol. The van der Waals surface area contributed by atoms with Crippen LogP contribution < -0.4 is 11.5 Å². The van der Waals surface area contributed by atoms with Gasteiger partial charge in [-0.2, -0.15) is 19.9 Å². The van der Waals surface area contributed by atoms with Crippen molar-refractivity contribution in [2.24, 2.45) is 0 Å². The maximum atomic E-state index is 14.6. The molecule has 4 aromatic heterocycles. The van der Waals surface area contributed by atoms with Crippen molar-refractivity contribution in [2.75, 3.05) is 36.5 Å². The molecule has 58 heavy (non-hydrogen) atoms. The maximum absolute atomic E-state index is 14.6. The number of ether oxygens (including phenoxy) is 2. The van der Waals surface area contributed by atoms with E-state index in [1.165, 1.54) is 10.9 Å². The van der Waals surface area contributed by atoms with Crippen LogP contribution in [0, 0.1) is 0 Å². The van der Waals surface area contributed by atoms with E-state index >= 15 is 0 Å². The lowest BCUT2D eigenvalue weighted by atomic mass is 10.1. The van der Waals surface area contributed by atoms with Gasteiger partial charge in [-0.1, -0.05) is 7.43 Å². The number of nitrogens with zero attached hydrogens (tertiary/aromatic N) is 8. The van der Waals surface area contributed by atoms with Gasteiger partial charge in [-0.25, -0.2) is 18.7 Å². The second-order valence-corrected chi connectivity index (χ2v) is 27.3. The molecule has 328 valence electrons. The minimum atomic E-state index is -4.83. The summed E-state index contributed by atoms with van der Waals surface area (Å²) in [7, 11) is -9.53. The standard InChI is InChI=1S/C11H15ClFN5O8P2.C10H11ClFN5O3.CH2Cl4O2P2.CH4/c12-11-16-8(14)6-9(17-11)18(2-15-6)10-5(13)7(19)4(26-10)1-25-28(23,24)3-27(20,21)22;11-10-15-7(13)5-8(16-10)17(2-14-5)9-4(12)6(19)3(1-18)20-9;2-8(3,6)1-9(4,5)7;/h2,4-5,7,10,19H,1,3H2,(H,23,24)(H2,14,16,17)(H2,20,21,22);2-4,6,9,18-19H,1H2,(H2,13,15,16);1H2;1H4/t4-,5+,7-,10-;3-,4+,6-,9-;;/m11../s1. The Bertz CT molecular complexity index is 2250. The van der Waals surface area contributed by atoms with Crippen LogP contribution in [-0.2, 0) is 32.3 Å². The monoisotopic (exact) mass is 1030 g/mol. The predicted molar refractivity (Wildman–Crippen MR) is 209 cm³/mol. The average molecular weight is 1030 g/mol. The maximum Gasteiger partial charge on any atom is 0.340 e. The fourth-order valence-electron chi connectivity index (χ4n) is 4.99. The largest absolute Gasteiger partial charge is 0.394 e. The van der Waals surface area contributed by atoms with Crippen LogP contribution in [0.5, 0.6) is 0 Å². The molecule has 6 rings (SSSR count). The van der Waals surface area contributed by atoms with Gasteiger partial charge in [0.05, 0.1) is 25.9 Å². The van der Waals surface area contributed by atoms with Gasteiger partial charge in [-0.3, -0.25) is 27.4 Å². The summed E-state index contributed by atoms with van der Waals surface area (Å²) in [6.07, 6.45) is -9.58. The van der Waals surface area contributed by atoms with Crippen LogP contribution in [0.4, 0.5) is 20.4 Å². The van der Waals surface area contributed by atoms with E-state index in [0.717, 1.165) is 10.9 Å². The fraction of sp³-hybridized carbons (Fsp3) is 0.565. The van der Waals surface area contributed by atoms with Crippen molar-refractivity contribution in [2.45, 2.75) is 56.6 Å². The molecule has 10 N–H and O–H groups in total. The highest BCUT2D eigenvalue weighted by Crippen LogP contribution is 2.72. The zero-order chi connectivity index (χ0) is 43.0. The lowest BCUT2D eigenvalue weighted by molar-refractivity contribution is -0.0459. The molecule has 0 aromatic carbocycles. The van der Waals surface area contributed by atoms with E-state index in [2.05, 4.69) is 34.4 Å². The molecule has 23 nitrogen and oxygen atoms in total. The van der Waals surface area contributed by atoms with Crippen molar-refractivity contribution < 1.29 is 71.0 Å². The summed E-state index contributed by atoms with van der Waals surface area (Å²) in [5.41, 5.74) is 11.9. The van der Waals surface area contributed by atoms with Crippen LogP contribution in [0.3, 0.4) is 0 Å². The number of hydrogen-bond acceptors (Lipinski definition) is 18. The highest BCUT2D eigenvalue weighted by atomic mass is 35.9. The molecule has 0 bridgehead atoms. The number of rotatable bonds is 10. The van der Waals surface area contributed by atoms with Gasteiger partial charge < -0.3 is 55.5 Å². The summed E-state index contributed by atoms with van der Waals surface area (Å²) in [6.45, 7) is -1.29. The molecule has 4 aromatic rings. The number of aromatic nitrogens is 8. The summed E-state index contributed by atoms with van der Waals surface area (Å²) in [6, 6.07) is 0. The van der Waals surface area contributed by atoms with Gasteiger partial charge in [0.25, 0.3) is 11.7 Å². The number of nitrogen functional groups attached to an aromatic ring is 2. The second-order valence-electron chi connectivity index (χ2n) is 11.6. The van der Waals surface area contributed by atoms with Crippen molar-refractivity contribution in [1.82, 2.24) is 39.0 Å². The van der Waals surface area contributed by atoms with Crippen LogP contribution in [0.2, 0.25) is 10.6 Å². The first-order chi connectivity index (χ1) is 26.1. The molecule has 0 radical (unpaired) electrons. The van der Waals surface area contributed by atoms with E-state index in [1.54, 1.807) is 0 Å². The number of aliphatic hydroxyl groups excluding tert-OH is 3. The Kier molecular flexibility index (Phi) is 17.6. The Balaban J connectivity index is 0.000000261. The second kappa shape index (κ2) is 19.9. The molecule has 0 saturated carbocycles. The highest BCUT2D eigenvalue weighted by Gasteiger charge is 2.48. The third-order valence-corrected chi connectivity index (χ3v) is 17.6. The van der Waals surface area contributed by atoms with Gasteiger partial charge in [0, 0.05) is 0 Å². The smallest absolute Gasteiger partial charge is 0.340 e. The molecule has 0 aliphatic carbocycles. The summed E-state index contributed by atoms with van der Waals surface area (Å²) in [5.74, 6) is -8.69. The zero-order valence-corrected chi connectivity index (χ0v) is 35.8. The third-order valence-electron chi connectivity index (χ3n) is 7.29. The normalized spacial score (nSPS) is 26.0. The SMILES string of the molecule is C.Nc1nc(Cl)nc2c1ncn2[C@@H]1O[C@H](CO)[C@@H](O)[C@@H]1F.Nc1nc(Cl)nc2c1ncn2[C@@H]1O[C@H](COP(=O)(O)CP(=O)(O)O)[C@@H](O)[C@@H]1F.O=P(Cl)(Cl)CP(=O)(Cl)Cl. The number of halogens is 8. The summed E-state index contributed by atoms with van der Waals surface area (Å²) in [5, 5.41) is 28.3. The summed E-state index contributed by atoms with van der Waals surface area (Å²) >= 11 is 31.4. The Labute approximate surface area is 353 Å². The molecule has 9 atom stereocenters. The van der Waals surface area contributed by atoms with E-state index < -0.39 is 101 Å². The molecule has 2 fully saturated rings. The molecule has 0 spiro atoms. The first kappa shape index (κ1) is 51.2. The first-order valence-corrected chi connectivity index (χ1v) is 26.7. The molecule has 35 heteroatoms. The van der Waals surface area contributed by atoms with Crippen LogP contribution in [0.1, 0.15) is 19.9 Å². The van der Waals surface area contributed by atoms with Crippen molar-refractivity contribution in [3.63, 3.8) is 0 Å².